The van der Waals surface area contributed by atoms with Crippen LogP contribution >= 0.6 is 24.0 Å². The molecule has 0 atom stereocenters. The minimum Gasteiger partial charge on any atom is -0.356 e. The summed E-state index contributed by atoms with van der Waals surface area (Å²) in [5, 5.41) is 6.83. The van der Waals surface area contributed by atoms with Crippen LogP contribution in [0.3, 0.4) is 0 Å². The Hall–Kier alpha value is -0.940. The predicted octanol–water partition coefficient (Wildman–Crippen LogP) is 3.03. The van der Waals surface area contributed by atoms with Gasteiger partial charge in [0.1, 0.15) is 15.7 Å². The summed E-state index contributed by atoms with van der Waals surface area (Å²) < 4.78 is 35.9. The van der Waals surface area contributed by atoms with Crippen LogP contribution in [0.1, 0.15) is 38.7 Å². The molecule has 0 spiro atoms. The fraction of sp³-hybridized carbons (Fsp3) is 0.667. The van der Waals surface area contributed by atoms with Crippen molar-refractivity contribution in [1.29, 1.82) is 0 Å². The maximum Gasteiger partial charge on any atom is 0.191 e. The lowest BCUT2D eigenvalue weighted by Gasteiger charge is -2.33. The van der Waals surface area contributed by atoms with Gasteiger partial charge < -0.3 is 10.6 Å². The van der Waals surface area contributed by atoms with Gasteiger partial charge >= 0.3 is 0 Å². The van der Waals surface area contributed by atoms with Crippen molar-refractivity contribution in [3.63, 3.8) is 0 Å². The van der Waals surface area contributed by atoms with Gasteiger partial charge in [0.25, 0.3) is 0 Å². The van der Waals surface area contributed by atoms with Crippen LogP contribution < -0.4 is 10.6 Å². The first-order chi connectivity index (χ1) is 13.6. The number of hydrogen-bond acceptors (Lipinski definition) is 4. The van der Waals surface area contributed by atoms with Gasteiger partial charge in [-0.1, -0.05) is 26.0 Å². The zero-order chi connectivity index (χ0) is 21.5. The summed E-state index contributed by atoms with van der Waals surface area (Å²) in [6, 6.07) is 7.06. The Kier molecular flexibility index (Phi) is 11.0. The molecule has 1 aromatic carbocycles. The second-order valence-corrected chi connectivity index (χ2v) is 11.1. The molecule has 30 heavy (non-hydrogen) atoms. The number of sulfone groups is 1. The summed E-state index contributed by atoms with van der Waals surface area (Å²) in [4.78, 5) is 6.70. The average Bonchev–Trinajstić information content (AvgIpc) is 2.66. The molecule has 1 aromatic rings. The van der Waals surface area contributed by atoms with Crippen LogP contribution in [0.25, 0.3) is 0 Å². The fourth-order valence-electron chi connectivity index (χ4n) is 3.34. The van der Waals surface area contributed by atoms with Gasteiger partial charge in [-0.3, -0.25) is 9.89 Å². The lowest BCUT2D eigenvalue weighted by atomic mass is 9.90. The number of aliphatic imine (C=N–C) groups is 1. The Balaban J connectivity index is 0.00000450. The maximum absolute atomic E-state index is 13.0. The molecule has 1 aliphatic heterocycles. The molecule has 9 heteroatoms. The molecule has 0 aliphatic carbocycles. The van der Waals surface area contributed by atoms with E-state index in [1.165, 1.54) is 18.4 Å². The lowest BCUT2D eigenvalue weighted by Crippen LogP contribution is -2.50. The Morgan fingerprint density at radius 2 is 1.83 bits per heavy atom. The molecule has 0 aromatic heterocycles. The van der Waals surface area contributed by atoms with Crippen molar-refractivity contribution < 1.29 is 12.8 Å². The Morgan fingerprint density at radius 3 is 2.37 bits per heavy atom. The van der Waals surface area contributed by atoms with Crippen LogP contribution in [0.5, 0.6) is 0 Å². The maximum atomic E-state index is 13.0. The van der Waals surface area contributed by atoms with E-state index in [1.807, 2.05) is 12.1 Å². The molecule has 2 rings (SSSR count). The molecule has 2 N–H and O–H groups in total. The summed E-state index contributed by atoms with van der Waals surface area (Å²) in [7, 11) is -1.20. The van der Waals surface area contributed by atoms with Crippen LogP contribution in [0.2, 0.25) is 0 Å². The topological polar surface area (TPSA) is 73.8 Å². The highest BCUT2D eigenvalue weighted by Crippen LogP contribution is 2.20. The van der Waals surface area contributed by atoms with E-state index in [0.29, 0.717) is 19.0 Å². The van der Waals surface area contributed by atoms with Gasteiger partial charge in [-0.05, 0) is 42.4 Å². The highest BCUT2D eigenvalue weighted by atomic mass is 127. The molecule has 1 fully saturated rings. The van der Waals surface area contributed by atoms with Crippen LogP contribution in [0.4, 0.5) is 4.39 Å². The number of rotatable bonds is 8. The summed E-state index contributed by atoms with van der Waals surface area (Å²) in [5.74, 6) is 0.754. The number of guanidine groups is 1. The lowest BCUT2D eigenvalue weighted by molar-refractivity contribution is 0.198. The zero-order valence-corrected chi connectivity index (χ0v) is 21.6. The SMILES string of the molecule is CN=C(NCC(C)(C)CCS(C)(=O)=O)NC1CCN(Cc2ccc(F)cc2)CC1.I. The van der Waals surface area contributed by atoms with Crippen LogP contribution in [0, 0.1) is 11.2 Å². The number of piperidine rings is 1. The van der Waals surface area contributed by atoms with Crippen LogP contribution in [-0.2, 0) is 16.4 Å². The van der Waals surface area contributed by atoms with E-state index in [2.05, 4.69) is 34.4 Å². The largest absolute Gasteiger partial charge is 0.356 e. The van der Waals surface area contributed by atoms with Crippen molar-refractivity contribution in [2.45, 2.75) is 45.7 Å². The van der Waals surface area contributed by atoms with Crippen molar-refractivity contribution in [3.8, 4) is 0 Å². The molecule has 0 unspecified atom stereocenters. The molecule has 0 amide bonds. The van der Waals surface area contributed by atoms with E-state index < -0.39 is 9.84 Å². The Labute approximate surface area is 198 Å². The average molecular weight is 555 g/mol. The first-order valence-corrected chi connectivity index (χ1v) is 12.2. The summed E-state index contributed by atoms with van der Waals surface area (Å²) in [5.41, 5.74) is 0.991. The first-order valence-electron chi connectivity index (χ1n) is 10.2. The molecular weight excluding hydrogens is 518 g/mol. The van der Waals surface area contributed by atoms with Gasteiger partial charge in [-0.2, -0.15) is 0 Å². The molecular formula is C21H36FIN4O2S. The van der Waals surface area contributed by atoms with E-state index in [0.717, 1.165) is 44.0 Å². The van der Waals surface area contributed by atoms with E-state index >= 15 is 0 Å². The van der Waals surface area contributed by atoms with E-state index in [9.17, 15) is 12.8 Å². The smallest absolute Gasteiger partial charge is 0.191 e. The van der Waals surface area contributed by atoms with Gasteiger partial charge in [0.15, 0.2) is 5.96 Å². The summed E-state index contributed by atoms with van der Waals surface area (Å²) in [6.45, 7) is 7.58. The molecule has 0 bridgehead atoms. The number of benzene rings is 1. The zero-order valence-electron chi connectivity index (χ0n) is 18.4. The molecule has 0 saturated carbocycles. The minimum absolute atomic E-state index is 0. The number of likely N-dealkylation sites (tertiary alicyclic amines) is 1. The second kappa shape index (κ2) is 12.2. The molecule has 172 valence electrons. The van der Waals surface area contributed by atoms with Crippen molar-refractivity contribution in [2.75, 3.05) is 38.7 Å². The minimum atomic E-state index is -2.95. The van der Waals surface area contributed by atoms with E-state index in [1.54, 1.807) is 7.05 Å². The van der Waals surface area contributed by atoms with Gasteiger partial charge in [-0.15, -0.1) is 24.0 Å². The predicted molar refractivity (Wildman–Crippen MR) is 133 cm³/mol. The van der Waals surface area contributed by atoms with Crippen molar-refractivity contribution in [2.24, 2.45) is 10.4 Å². The third-order valence-corrected chi connectivity index (χ3v) is 6.30. The van der Waals surface area contributed by atoms with Crippen molar-refractivity contribution in [3.05, 3.63) is 35.6 Å². The number of nitrogens with zero attached hydrogens (tertiary/aromatic N) is 2. The van der Waals surface area contributed by atoms with Crippen LogP contribution in [0.15, 0.2) is 29.3 Å². The van der Waals surface area contributed by atoms with Gasteiger partial charge in [0.05, 0.1) is 5.75 Å². The van der Waals surface area contributed by atoms with Crippen LogP contribution in [-0.4, -0.2) is 64.0 Å². The number of hydrogen-bond donors (Lipinski definition) is 2. The quantitative estimate of drug-likeness (QED) is 0.294. The highest BCUT2D eigenvalue weighted by molar-refractivity contribution is 14.0. The normalized spacial score (nSPS) is 16.8. The van der Waals surface area contributed by atoms with E-state index in [-0.39, 0.29) is 41.0 Å². The molecule has 0 radical (unpaired) electrons. The Morgan fingerprint density at radius 1 is 1.23 bits per heavy atom. The standard InChI is InChI=1S/C21H35FN4O2S.HI/c1-21(2,11-14-29(4,27)28)16-24-20(23-3)25-19-9-12-26(13-10-19)15-17-5-7-18(22)8-6-17;/h5-8,19H,9-16H2,1-4H3,(H2,23,24,25);1H. The van der Waals surface area contributed by atoms with Gasteiger partial charge in [0.2, 0.25) is 0 Å². The van der Waals surface area contributed by atoms with Crippen molar-refractivity contribution in [1.82, 2.24) is 15.5 Å². The molecule has 1 aliphatic rings. The van der Waals surface area contributed by atoms with Gasteiger partial charge in [-0.25, -0.2) is 12.8 Å². The third-order valence-electron chi connectivity index (χ3n) is 5.36. The number of halogens is 2. The fourth-order valence-corrected chi connectivity index (χ4v) is 4.27. The molecule has 6 nitrogen and oxygen atoms in total. The van der Waals surface area contributed by atoms with Crippen molar-refractivity contribution >= 4 is 39.8 Å². The molecule has 1 heterocycles. The monoisotopic (exact) mass is 554 g/mol. The second-order valence-electron chi connectivity index (χ2n) is 8.79. The van der Waals surface area contributed by atoms with Gasteiger partial charge in [0, 0.05) is 45.5 Å². The first kappa shape index (κ1) is 27.1. The summed E-state index contributed by atoms with van der Waals surface area (Å²) >= 11 is 0. The Bertz CT molecular complexity index is 777. The summed E-state index contributed by atoms with van der Waals surface area (Å²) in [6.07, 6.45) is 3.91. The number of nitrogens with one attached hydrogen (secondary N) is 2. The third kappa shape index (κ3) is 10.4. The van der Waals surface area contributed by atoms with E-state index in [4.69, 9.17) is 0 Å². The molecule has 1 saturated heterocycles. The highest BCUT2D eigenvalue weighted by Gasteiger charge is 2.23.